The largest absolute Gasteiger partial charge is 0.448 e. The number of nitrogens with two attached hydrogens (primary N) is 1. The van der Waals surface area contributed by atoms with Crippen LogP contribution in [0, 0.1) is 0 Å². The number of aromatic nitrogens is 1. The average molecular weight is 244 g/mol. The highest BCUT2D eigenvalue weighted by molar-refractivity contribution is 7.91. The minimum atomic E-state index is -2.82. The van der Waals surface area contributed by atoms with E-state index in [0.717, 1.165) is 5.69 Å². The summed E-state index contributed by atoms with van der Waals surface area (Å²) >= 11 is 0. The van der Waals surface area contributed by atoms with Crippen molar-refractivity contribution in [3.63, 3.8) is 0 Å². The Labute approximate surface area is 95.0 Å². The molecule has 90 valence electrons. The molecule has 0 radical (unpaired) electrons. The molecule has 2 rings (SSSR count). The fourth-order valence-corrected chi connectivity index (χ4v) is 3.40. The molecule has 1 aliphatic heterocycles. The predicted molar refractivity (Wildman–Crippen MR) is 59.9 cm³/mol. The first-order valence-electron chi connectivity index (χ1n) is 5.45. The summed E-state index contributed by atoms with van der Waals surface area (Å²) in [7, 11) is -2.82. The van der Waals surface area contributed by atoms with Crippen molar-refractivity contribution >= 4 is 9.84 Å². The average Bonchev–Trinajstić information content (AvgIpc) is 2.67. The van der Waals surface area contributed by atoms with Crippen LogP contribution in [0.3, 0.4) is 0 Å². The van der Waals surface area contributed by atoms with Crippen LogP contribution >= 0.6 is 0 Å². The molecule has 1 aromatic heterocycles. The quantitative estimate of drug-likeness (QED) is 0.835. The van der Waals surface area contributed by atoms with Crippen molar-refractivity contribution in [3.05, 3.63) is 17.8 Å². The van der Waals surface area contributed by atoms with E-state index >= 15 is 0 Å². The fraction of sp³-hybridized carbons (Fsp3) is 0.700. The highest BCUT2D eigenvalue weighted by atomic mass is 32.2. The van der Waals surface area contributed by atoms with Crippen molar-refractivity contribution in [2.75, 3.05) is 18.1 Å². The van der Waals surface area contributed by atoms with Gasteiger partial charge < -0.3 is 10.2 Å². The van der Waals surface area contributed by atoms with Crippen LogP contribution in [0.4, 0.5) is 0 Å². The van der Waals surface area contributed by atoms with Crippen LogP contribution < -0.4 is 5.73 Å². The Bertz CT molecular complexity index is 438. The van der Waals surface area contributed by atoms with E-state index in [0.29, 0.717) is 31.7 Å². The second kappa shape index (κ2) is 4.55. The van der Waals surface area contributed by atoms with Gasteiger partial charge in [0.05, 0.1) is 17.2 Å². The van der Waals surface area contributed by atoms with Gasteiger partial charge in [0.2, 0.25) is 0 Å². The Hall–Kier alpha value is -0.880. The van der Waals surface area contributed by atoms with Gasteiger partial charge in [0.15, 0.2) is 5.89 Å². The lowest BCUT2D eigenvalue weighted by Crippen LogP contribution is -2.22. The Balaban J connectivity index is 2.02. The first kappa shape index (κ1) is 11.6. The normalized spacial score (nSPS) is 21.1. The molecule has 0 unspecified atom stereocenters. The standard InChI is InChI=1S/C10H16N2O3S/c11-4-1-9-7-15-10(12-9)8-2-5-16(13,14)6-3-8/h7-8H,1-6,11H2. The van der Waals surface area contributed by atoms with Crippen molar-refractivity contribution in [2.24, 2.45) is 5.73 Å². The van der Waals surface area contributed by atoms with E-state index in [4.69, 9.17) is 10.2 Å². The second-order valence-corrected chi connectivity index (χ2v) is 6.45. The van der Waals surface area contributed by atoms with E-state index in [2.05, 4.69) is 4.98 Å². The first-order valence-corrected chi connectivity index (χ1v) is 7.27. The van der Waals surface area contributed by atoms with Gasteiger partial charge in [-0.1, -0.05) is 0 Å². The molecule has 1 aromatic rings. The summed E-state index contributed by atoms with van der Waals surface area (Å²) in [4.78, 5) is 4.33. The van der Waals surface area contributed by atoms with Crippen LogP contribution in [0.25, 0.3) is 0 Å². The summed E-state index contributed by atoms with van der Waals surface area (Å²) in [5.74, 6) is 1.30. The molecule has 1 aliphatic rings. The number of nitrogens with zero attached hydrogens (tertiary/aromatic N) is 1. The molecular formula is C10H16N2O3S. The third kappa shape index (κ3) is 2.62. The Morgan fingerprint density at radius 3 is 2.75 bits per heavy atom. The summed E-state index contributed by atoms with van der Waals surface area (Å²) in [6.07, 6.45) is 3.55. The fourth-order valence-electron chi connectivity index (χ4n) is 1.91. The van der Waals surface area contributed by atoms with Crippen molar-refractivity contribution < 1.29 is 12.8 Å². The van der Waals surface area contributed by atoms with Gasteiger partial charge in [-0.2, -0.15) is 0 Å². The third-order valence-corrected chi connectivity index (χ3v) is 4.59. The zero-order valence-corrected chi connectivity index (χ0v) is 9.87. The lowest BCUT2D eigenvalue weighted by atomic mass is 10.0. The maximum atomic E-state index is 11.3. The van der Waals surface area contributed by atoms with Gasteiger partial charge in [0.25, 0.3) is 0 Å². The lowest BCUT2D eigenvalue weighted by molar-refractivity contribution is 0.423. The smallest absolute Gasteiger partial charge is 0.197 e. The summed E-state index contributed by atoms with van der Waals surface area (Å²) < 4.78 is 27.9. The predicted octanol–water partition coefficient (Wildman–Crippen LogP) is 0.468. The number of hydrogen-bond donors (Lipinski definition) is 1. The molecule has 2 heterocycles. The highest BCUT2D eigenvalue weighted by Gasteiger charge is 2.27. The highest BCUT2D eigenvalue weighted by Crippen LogP contribution is 2.28. The molecule has 0 aliphatic carbocycles. The molecule has 2 N–H and O–H groups in total. The first-order chi connectivity index (χ1) is 7.61. The van der Waals surface area contributed by atoms with Crippen LogP contribution in [0.1, 0.15) is 30.3 Å². The van der Waals surface area contributed by atoms with Gasteiger partial charge in [0, 0.05) is 12.3 Å². The molecular weight excluding hydrogens is 228 g/mol. The molecule has 0 bridgehead atoms. The summed E-state index contributed by atoms with van der Waals surface area (Å²) in [5, 5.41) is 0. The van der Waals surface area contributed by atoms with Gasteiger partial charge in [-0.15, -0.1) is 0 Å². The van der Waals surface area contributed by atoms with E-state index in [9.17, 15) is 8.42 Å². The van der Waals surface area contributed by atoms with Crippen LogP contribution in [-0.4, -0.2) is 31.5 Å². The molecule has 0 saturated carbocycles. The second-order valence-electron chi connectivity index (χ2n) is 4.14. The minimum Gasteiger partial charge on any atom is -0.448 e. The molecule has 0 aromatic carbocycles. The van der Waals surface area contributed by atoms with Crippen LogP contribution in [-0.2, 0) is 16.3 Å². The van der Waals surface area contributed by atoms with Crippen molar-refractivity contribution in [2.45, 2.75) is 25.2 Å². The molecule has 1 saturated heterocycles. The summed E-state index contributed by atoms with van der Waals surface area (Å²) in [6, 6.07) is 0. The minimum absolute atomic E-state index is 0.148. The topological polar surface area (TPSA) is 86.2 Å². The lowest BCUT2D eigenvalue weighted by Gasteiger charge is -2.18. The molecule has 0 amide bonds. The van der Waals surface area contributed by atoms with Crippen molar-refractivity contribution in [1.82, 2.24) is 4.98 Å². The molecule has 6 heteroatoms. The molecule has 16 heavy (non-hydrogen) atoms. The Morgan fingerprint density at radius 1 is 1.44 bits per heavy atom. The zero-order chi connectivity index (χ0) is 11.6. The molecule has 1 fully saturated rings. The van der Waals surface area contributed by atoms with Gasteiger partial charge in [0.1, 0.15) is 16.1 Å². The Kier molecular flexibility index (Phi) is 3.30. The monoisotopic (exact) mass is 244 g/mol. The summed E-state index contributed by atoms with van der Waals surface area (Å²) in [6.45, 7) is 0.547. The van der Waals surface area contributed by atoms with E-state index in [1.807, 2.05) is 0 Å². The van der Waals surface area contributed by atoms with E-state index in [1.165, 1.54) is 0 Å². The number of sulfone groups is 1. The summed E-state index contributed by atoms with van der Waals surface area (Å²) in [5.41, 5.74) is 6.28. The Morgan fingerprint density at radius 2 is 2.12 bits per heavy atom. The SMILES string of the molecule is NCCc1coc(C2CCS(=O)(=O)CC2)n1. The molecule has 0 atom stereocenters. The van der Waals surface area contributed by atoms with Gasteiger partial charge in [-0.3, -0.25) is 0 Å². The van der Waals surface area contributed by atoms with Gasteiger partial charge in [-0.05, 0) is 19.4 Å². The number of rotatable bonds is 3. The molecule has 0 spiro atoms. The number of hydrogen-bond acceptors (Lipinski definition) is 5. The van der Waals surface area contributed by atoms with E-state index in [-0.39, 0.29) is 17.4 Å². The van der Waals surface area contributed by atoms with E-state index in [1.54, 1.807) is 6.26 Å². The van der Waals surface area contributed by atoms with Gasteiger partial charge >= 0.3 is 0 Å². The molecule has 5 nitrogen and oxygen atoms in total. The zero-order valence-electron chi connectivity index (χ0n) is 9.05. The maximum absolute atomic E-state index is 11.3. The van der Waals surface area contributed by atoms with Crippen LogP contribution in [0.15, 0.2) is 10.7 Å². The van der Waals surface area contributed by atoms with Gasteiger partial charge in [-0.25, -0.2) is 13.4 Å². The van der Waals surface area contributed by atoms with E-state index < -0.39 is 9.84 Å². The van der Waals surface area contributed by atoms with Crippen LogP contribution in [0.2, 0.25) is 0 Å². The van der Waals surface area contributed by atoms with Crippen LogP contribution in [0.5, 0.6) is 0 Å². The van der Waals surface area contributed by atoms with Crippen molar-refractivity contribution in [3.8, 4) is 0 Å². The maximum Gasteiger partial charge on any atom is 0.197 e. The van der Waals surface area contributed by atoms with Crippen molar-refractivity contribution in [1.29, 1.82) is 0 Å². The third-order valence-electron chi connectivity index (χ3n) is 2.87. The number of oxazole rings is 1.